The van der Waals surface area contributed by atoms with Crippen molar-refractivity contribution < 1.29 is 14.3 Å². The molecule has 3 aromatic carbocycles. The van der Waals surface area contributed by atoms with Gasteiger partial charge in [-0.2, -0.15) is 0 Å². The molecule has 4 aromatic rings. The smallest absolute Gasteiger partial charge is 0.300 e. The van der Waals surface area contributed by atoms with Crippen LogP contribution in [-0.4, -0.2) is 52.2 Å². The van der Waals surface area contributed by atoms with E-state index in [-0.39, 0.29) is 17.1 Å². The van der Waals surface area contributed by atoms with Crippen LogP contribution in [0, 0.1) is 10.1 Å². The molecule has 0 atom stereocenters. The van der Waals surface area contributed by atoms with E-state index in [0.29, 0.717) is 42.9 Å². The van der Waals surface area contributed by atoms with Crippen LogP contribution in [0.3, 0.4) is 0 Å². The fourth-order valence-electron chi connectivity index (χ4n) is 3.98. The van der Waals surface area contributed by atoms with Gasteiger partial charge in [0.2, 0.25) is 5.52 Å². The van der Waals surface area contributed by atoms with Crippen LogP contribution in [-0.2, 0) is 0 Å². The highest BCUT2D eigenvalue weighted by molar-refractivity contribution is 6.07. The van der Waals surface area contributed by atoms with Crippen LogP contribution in [0.25, 0.3) is 21.8 Å². The molecule has 9 heteroatoms. The van der Waals surface area contributed by atoms with Gasteiger partial charge in [0.15, 0.2) is 5.52 Å². The summed E-state index contributed by atoms with van der Waals surface area (Å²) in [5.74, 6) is 0.00315. The Bertz CT molecular complexity index is 1270. The maximum Gasteiger partial charge on any atom is 0.300 e. The molecule has 0 spiro atoms. The fraction of sp³-hybridized carbons (Fsp3) is 0.190. The van der Waals surface area contributed by atoms with Crippen molar-refractivity contribution in [1.82, 2.24) is 15.2 Å². The number of benzene rings is 3. The molecule has 0 radical (unpaired) electrons. The average Bonchev–Trinajstić information content (AvgIpc) is 3.27. The van der Waals surface area contributed by atoms with Crippen LogP contribution in [0.2, 0.25) is 0 Å². The standard InChI is InChI=1S/C21H17N5O4/c27-21(16-7-3-5-14-4-1-2-6-15(14)16)25-12-10-24(11-13-25)17-8-9-18(26(28)29)20-19(17)22-30-23-20/h1-9H,10-13H2. The lowest BCUT2D eigenvalue weighted by molar-refractivity contribution is -0.383. The summed E-state index contributed by atoms with van der Waals surface area (Å²) < 4.78 is 4.75. The number of non-ortho nitro benzene ring substituents is 1. The monoisotopic (exact) mass is 403 g/mol. The van der Waals surface area contributed by atoms with Crippen molar-refractivity contribution in [2.45, 2.75) is 0 Å². The molecular formula is C21H17N5O4. The van der Waals surface area contributed by atoms with Crippen molar-refractivity contribution in [2.75, 3.05) is 31.1 Å². The first-order valence-electron chi connectivity index (χ1n) is 9.55. The summed E-state index contributed by atoms with van der Waals surface area (Å²) in [5.41, 5.74) is 1.76. The molecule has 2 heterocycles. The first-order valence-corrected chi connectivity index (χ1v) is 9.55. The predicted octanol–water partition coefficient (Wildman–Crippen LogP) is 3.25. The van der Waals surface area contributed by atoms with E-state index in [0.717, 1.165) is 10.8 Å². The number of hydrogen-bond acceptors (Lipinski definition) is 7. The highest BCUT2D eigenvalue weighted by Gasteiger charge is 2.27. The minimum Gasteiger partial charge on any atom is -0.366 e. The minimum absolute atomic E-state index is 0.00315. The molecule has 1 fully saturated rings. The van der Waals surface area contributed by atoms with Crippen LogP contribution in [0.5, 0.6) is 0 Å². The van der Waals surface area contributed by atoms with Gasteiger partial charge >= 0.3 is 5.69 Å². The number of carbonyl (C=O) groups is 1. The first kappa shape index (κ1) is 18.0. The Morgan fingerprint density at radius 1 is 0.933 bits per heavy atom. The summed E-state index contributed by atoms with van der Waals surface area (Å²) in [6.07, 6.45) is 0. The molecule has 0 saturated carbocycles. The van der Waals surface area contributed by atoms with Crippen LogP contribution in [0.4, 0.5) is 11.4 Å². The molecule has 30 heavy (non-hydrogen) atoms. The number of carbonyl (C=O) groups excluding carboxylic acids is 1. The van der Waals surface area contributed by atoms with E-state index in [2.05, 4.69) is 10.3 Å². The van der Waals surface area contributed by atoms with Gasteiger partial charge in [-0.1, -0.05) is 36.4 Å². The second kappa shape index (κ2) is 7.11. The van der Waals surface area contributed by atoms with Gasteiger partial charge in [-0.15, -0.1) is 0 Å². The Kier molecular flexibility index (Phi) is 4.27. The zero-order valence-electron chi connectivity index (χ0n) is 15.9. The summed E-state index contributed by atoms with van der Waals surface area (Å²) in [6.45, 7) is 2.23. The molecule has 0 bridgehead atoms. The SMILES string of the molecule is O=C(c1cccc2ccccc12)N1CCN(c2ccc([N+](=O)[O-])c3nonc23)CC1. The third-order valence-corrected chi connectivity index (χ3v) is 5.50. The number of nitro groups is 1. The molecular weight excluding hydrogens is 386 g/mol. The lowest BCUT2D eigenvalue weighted by Crippen LogP contribution is -2.48. The first-order chi connectivity index (χ1) is 14.6. The number of amides is 1. The summed E-state index contributed by atoms with van der Waals surface area (Å²) in [5, 5.41) is 20.7. The second-order valence-electron chi connectivity index (χ2n) is 7.13. The Morgan fingerprint density at radius 3 is 2.47 bits per heavy atom. The van der Waals surface area contributed by atoms with Crippen molar-refractivity contribution >= 4 is 39.1 Å². The Labute approximate surface area is 170 Å². The molecule has 1 aliphatic heterocycles. The quantitative estimate of drug-likeness (QED) is 0.382. The summed E-state index contributed by atoms with van der Waals surface area (Å²) in [4.78, 5) is 27.7. The van der Waals surface area contributed by atoms with Crippen molar-refractivity contribution in [3.63, 3.8) is 0 Å². The van der Waals surface area contributed by atoms with E-state index in [1.54, 1.807) is 6.07 Å². The van der Waals surface area contributed by atoms with Crippen molar-refractivity contribution in [1.29, 1.82) is 0 Å². The molecule has 9 nitrogen and oxygen atoms in total. The van der Waals surface area contributed by atoms with E-state index in [1.165, 1.54) is 6.07 Å². The van der Waals surface area contributed by atoms with Crippen LogP contribution < -0.4 is 4.90 Å². The normalized spacial score (nSPS) is 14.4. The number of aromatic nitrogens is 2. The topological polar surface area (TPSA) is 106 Å². The number of nitrogens with zero attached hydrogens (tertiary/aromatic N) is 5. The van der Waals surface area contributed by atoms with Gasteiger partial charge in [0.25, 0.3) is 5.91 Å². The lowest BCUT2D eigenvalue weighted by atomic mass is 10.0. The molecule has 1 saturated heterocycles. The second-order valence-corrected chi connectivity index (χ2v) is 7.13. The highest BCUT2D eigenvalue weighted by atomic mass is 16.6. The largest absolute Gasteiger partial charge is 0.366 e. The molecule has 0 N–H and O–H groups in total. The van der Waals surface area contributed by atoms with Crippen LogP contribution >= 0.6 is 0 Å². The maximum atomic E-state index is 13.1. The number of hydrogen-bond donors (Lipinski definition) is 0. The van der Waals surface area contributed by atoms with Gasteiger partial charge in [-0.25, -0.2) is 4.63 Å². The number of nitro benzene ring substituents is 1. The number of anilines is 1. The molecule has 1 amide bonds. The average molecular weight is 403 g/mol. The molecule has 0 aliphatic carbocycles. The zero-order valence-corrected chi connectivity index (χ0v) is 15.9. The minimum atomic E-state index is -0.503. The van der Waals surface area contributed by atoms with E-state index in [1.807, 2.05) is 52.3 Å². The number of rotatable bonds is 3. The van der Waals surface area contributed by atoms with E-state index >= 15 is 0 Å². The van der Waals surface area contributed by atoms with Gasteiger partial charge in [0.1, 0.15) is 0 Å². The maximum absolute atomic E-state index is 13.1. The fourth-order valence-corrected chi connectivity index (χ4v) is 3.98. The molecule has 150 valence electrons. The Morgan fingerprint density at radius 2 is 1.67 bits per heavy atom. The summed E-state index contributed by atoms with van der Waals surface area (Å²) in [6, 6.07) is 16.7. The van der Waals surface area contributed by atoms with Crippen molar-refractivity contribution in [3.05, 3.63) is 70.3 Å². The molecule has 1 aliphatic rings. The molecule has 5 rings (SSSR count). The van der Waals surface area contributed by atoms with E-state index < -0.39 is 4.92 Å². The van der Waals surface area contributed by atoms with Gasteiger partial charge < -0.3 is 9.80 Å². The van der Waals surface area contributed by atoms with Crippen molar-refractivity contribution in [2.24, 2.45) is 0 Å². The van der Waals surface area contributed by atoms with Gasteiger partial charge in [-0.05, 0) is 33.2 Å². The van der Waals surface area contributed by atoms with Crippen molar-refractivity contribution in [3.8, 4) is 0 Å². The predicted molar refractivity (Wildman–Crippen MR) is 111 cm³/mol. The van der Waals surface area contributed by atoms with Gasteiger partial charge in [0, 0.05) is 37.8 Å². The number of piperazine rings is 1. The molecule has 1 aromatic heterocycles. The summed E-state index contributed by atoms with van der Waals surface area (Å²) in [7, 11) is 0. The number of fused-ring (bicyclic) bond motifs is 2. The summed E-state index contributed by atoms with van der Waals surface area (Å²) >= 11 is 0. The van der Waals surface area contributed by atoms with Crippen LogP contribution in [0.15, 0.2) is 59.2 Å². The highest BCUT2D eigenvalue weighted by Crippen LogP contribution is 2.32. The Balaban J connectivity index is 1.37. The van der Waals surface area contributed by atoms with Crippen LogP contribution in [0.1, 0.15) is 10.4 Å². The van der Waals surface area contributed by atoms with Gasteiger partial charge in [-0.3, -0.25) is 14.9 Å². The Hall–Kier alpha value is -4.01. The third kappa shape index (κ3) is 2.91. The third-order valence-electron chi connectivity index (χ3n) is 5.50. The van der Waals surface area contributed by atoms with Gasteiger partial charge in [0.05, 0.1) is 10.6 Å². The van der Waals surface area contributed by atoms with E-state index in [4.69, 9.17) is 4.63 Å². The lowest BCUT2D eigenvalue weighted by Gasteiger charge is -2.36. The molecule has 0 unspecified atom stereocenters. The van der Waals surface area contributed by atoms with E-state index in [9.17, 15) is 14.9 Å². The zero-order chi connectivity index (χ0) is 20.7.